The molecule has 0 aromatic rings. The molecule has 0 aromatic carbocycles. The molecule has 4 aliphatic heterocycles. The zero-order valence-corrected chi connectivity index (χ0v) is 22.7. The normalized spacial score (nSPS) is 52.0. The molecule has 0 bridgehead atoms. The summed E-state index contributed by atoms with van der Waals surface area (Å²) in [5, 5.41) is 131. The lowest BCUT2D eigenvalue weighted by Gasteiger charge is -2.48. The molecule has 0 aliphatic carbocycles. The molecule has 19 atom stereocenters. The van der Waals surface area contributed by atoms with Crippen LogP contribution in [-0.2, 0) is 38.0 Å². The molecule has 4 fully saturated rings. The van der Waals surface area contributed by atoms with E-state index in [9.17, 15) is 71.2 Å². The molecule has 4 saturated heterocycles. The van der Waals surface area contributed by atoms with E-state index in [0.29, 0.717) is 0 Å². The van der Waals surface area contributed by atoms with Crippen LogP contribution in [0.3, 0.4) is 0 Å². The van der Waals surface area contributed by atoms with Crippen LogP contribution in [-0.4, -0.2) is 209 Å². The van der Waals surface area contributed by atoms with Gasteiger partial charge in [0, 0.05) is 0 Å². The highest BCUT2D eigenvalue weighted by Crippen LogP contribution is 2.33. The minimum atomic E-state index is -2.06. The molecule has 256 valence electrons. The highest BCUT2D eigenvalue weighted by molar-refractivity contribution is 5.73. The van der Waals surface area contributed by atoms with Crippen LogP contribution in [0.5, 0.6) is 0 Å². The number of aliphatic hydroxyl groups is 12. The lowest BCUT2D eigenvalue weighted by molar-refractivity contribution is -0.383. The highest BCUT2D eigenvalue weighted by Gasteiger charge is 2.55. The van der Waals surface area contributed by atoms with Gasteiger partial charge < -0.3 is 99.5 Å². The summed E-state index contributed by atoms with van der Waals surface area (Å²) >= 11 is 0. The van der Waals surface area contributed by atoms with Gasteiger partial charge in [0.1, 0.15) is 85.5 Å². The zero-order chi connectivity index (χ0) is 32.6. The van der Waals surface area contributed by atoms with Gasteiger partial charge in [0.2, 0.25) is 0 Å². The van der Waals surface area contributed by atoms with E-state index in [1.807, 2.05) is 0 Å². The average molecular weight is 651 g/mol. The molecule has 0 amide bonds. The summed E-state index contributed by atoms with van der Waals surface area (Å²) in [4.78, 5) is 11.4. The molecule has 13 N–H and O–H groups in total. The van der Waals surface area contributed by atoms with E-state index in [0.717, 1.165) is 0 Å². The van der Waals surface area contributed by atoms with Crippen LogP contribution >= 0.6 is 0 Å². The van der Waals surface area contributed by atoms with Crippen molar-refractivity contribution in [2.75, 3.05) is 19.8 Å². The topological polar surface area (TPSA) is 345 Å². The van der Waals surface area contributed by atoms with E-state index in [1.54, 1.807) is 0 Å². The van der Waals surface area contributed by atoms with Crippen LogP contribution in [0, 0.1) is 0 Å². The van der Waals surface area contributed by atoms with E-state index >= 15 is 0 Å². The molecule has 21 nitrogen and oxygen atoms in total. The van der Waals surface area contributed by atoms with Crippen LogP contribution in [0.25, 0.3) is 0 Å². The monoisotopic (exact) mass is 650 g/mol. The van der Waals surface area contributed by atoms with Crippen molar-refractivity contribution in [2.45, 2.75) is 117 Å². The molecule has 21 heteroatoms. The van der Waals surface area contributed by atoms with Gasteiger partial charge in [-0.05, 0) is 0 Å². The summed E-state index contributed by atoms with van der Waals surface area (Å²) in [5.74, 6) is -1.72. The van der Waals surface area contributed by atoms with Crippen molar-refractivity contribution in [1.29, 1.82) is 0 Å². The fourth-order valence-corrected chi connectivity index (χ4v) is 5.21. The van der Waals surface area contributed by atoms with E-state index in [4.69, 9.17) is 33.2 Å². The van der Waals surface area contributed by atoms with Crippen molar-refractivity contribution >= 4 is 5.97 Å². The third kappa shape index (κ3) is 7.01. The second kappa shape index (κ2) is 14.6. The number of rotatable bonds is 9. The lowest BCUT2D eigenvalue weighted by atomic mass is 9.96. The van der Waals surface area contributed by atoms with Crippen LogP contribution in [0.15, 0.2) is 0 Å². The highest BCUT2D eigenvalue weighted by atomic mass is 16.8. The minimum absolute atomic E-state index is 0.447. The Hall–Kier alpha value is -1.29. The van der Waals surface area contributed by atoms with Crippen molar-refractivity contribution in [1.82, 2.24) is 0 Å². The maximum absolute atomic E-state index is 11.4. The maximum atomic E-state index is 11.4. The molecule has 0 radical (unpaired) electrons. The zero-order valence-electron chi connectivity index (χ0n) is 22.7. The number of hydrogen-bond acceptors (Lipinski definition) is 20. The van der Waals surface area contributed by atoms with E-state index in [2.05, 4.69) is 0 Å². The fourth-order valence-electron chi connectivity index (χ4n) is 5.21. The third-order valence-corrected chi connectivity index (χ3v) is 7.80. The molecule has 4 rings (SSSR count). The summed E-state index contributed by atoms with van der Waals surface area (Å²) in [7, 11) is 0. The van der Waals surface area contributed by atoms with Crippen LogP contribution in [0.1, 0.15) is 0 Å². The van der Waals surface area contributed by atoms with Gasteiger partial charge in [-0.3, -0.25) is 0 Å². The Morgan fingerprint density at radius 2 is 1.02 bits per heavy atom. The number of hydrogen-bond donors (Lipinski definition) is 13. The van der Waals surface area contributed by atoms with Gasteiger partial charge in [-0.2, -0.15) is 0 Å². The lowest BCUT2D eigenvalue weighted by Crippen LogP contribution is -2.67. The van der Waals surface area contributed by atoms with Gasteiger partial charge in [0.15, 0.2) is 31.3 Å². The van der Waals surface area contributed by atoms with Crippen LogP contribution in [0.2, 0.25) is 0 Å². The second-order valence-corrected chi connectivity index (χ2v) is 10.7. The smallest absolute Gasteiger partial charge is 0.335 e. The average Bonchev–Trinajstić information content (AvgIpc) is 2.99. The Morgan fingerprint density at radius 3 is 1.50 bits per heavy atom. The number of aliphatic hydroxyl groups excluding tert-OH is 12. The predicted octanol–water partition coefficient (Wildman–Crippen LogP) is -9.02. The number of carboxylic acid groups (broad SMARTS) is 1. The quantitative estimate of drug-likeness (QED) is 0.110. The number of carbonyl (C=O) groups is 1. The Kier molecular flexibility index (Phi) is 11.8. The van der Waals surface area contributed by atoms with Crippen molar-refractivity contribution in [3.05, 3.63) is 0 Å². The van der Waals surface area contributed by atoms with Crippen molar-refractivity contribution in [3.8, 4) is 0 Å². The molecule has 0 saturated carbocycles. The van der Waals surface area contributed by atoms with E-state index < -0.39 is 143 Å². The van der Waals surface area contributed by atoms with E-state index in [-0.39, 0.29) is 0 Å². The van der Waals surface area contributed by atoms with Crippen LogP contribution in [0.4, 0.5) is 0 Å². The number of aliphatic carboxylic acids is 1. The SMILES string of the molecule is O=C(O)[C@H]1O[C@H](O[C@@H]2[C@H](O)[C@@H](O)[C@H](O[C@@H]3[C@H](O)[C@@H](O)[C@@H](O[C@@H]4CO[C@H](O)[C@H](O)[C@H]4O)O[C@@H]3CO)O[C@@H]2CO)[C@H](O)[C@@H](O)[C@@H]1O. The van der Waals surface area contributed by atoms with Gasteiger partial charge in [-0.15, -0.1) is 0 Å². The summed E-state index contributed by atoms with van der Waals surface area (Å²) in [6, 6.07) is 0. The Morgan fingerprint density at radius 1 is 0.568 bits per heavy atom. The number of carboxylic acids is 1. The predicted molar refractivity (Wildman–Crippen MR) is 128 cm³/mol. The summed E-state index contributed by atoms with van der Waals surface area (Å²) < 4.78 is 37.1. The Bertz CT molecular complexity index is 940. The van der Waals surface area contributed by atoms with Gasteiger partial charge in [0.25, 0.3) is 0 Å². The Labute approximate surface area is 247 Å². The fraction of sp³-hybridized carbons (Fsp3) is 0.957. The summed E-state index contributed by atoms with van der Waals surface area (Å²) in [6.45, 7) is -2.27. The van der Waals surface area contributed by atoms with Gasteiger partial charge >= 0.3 is 5.97 Å². The van der Waals surface area contributed by atoms with Crippen molar-refractivity contribution in [2.24, 2.45) is 0 Å². The first kappa shape index (κ1) is 35.6. The first-order chi connectivity index (χ1) is 20.7. The van der Waals surface area contributed by atoms with Gasteiger partial charge in [-0.1, -0.05) is 0 Å². The maximum Gasteiger partial charge on any atom is 0.335 e. The van der Waals surface area contributed by atoms with Crippen molar-refractivity contribution < 1.29 is 104 Å². The standard InChI is InChI=1S/C23H38O21/c24-1-4-16(10(29)14(33)21(39-4)41-6-3-38-20(37)12(31)7(6)26)42-22-15(34)11(30)17(5(2-25)40-22)43-23-13(32)8(27)9(28)18(44-23)19(35)36/h4-18,20-34,37H,1-3H2,(H,35,36)/t4-,5-,6-,7+,8+,9+,10-,11-,12-,13-,14-,15-,16+,17+,18+,20+,21-,22+,23+/m1/s1. The molecule has 0 unspecified atom stereocenters. The molecule has 4 aliphatic rings. The minimum Gasteiger partial charge on any atom is -0.479 e. The molecule has 4 heterocycles. The first-order valence-electron chi connectivity index (χ1n) is 13.5. The summed E-state index contributed by atoms with van der Waals surface area (Å²) in [6.07, 6.45) is -34.8. The van der Waals surface area contributed by atoms with E-state index in [1.165, 1.54) is 0 Å². The Balaban J connectivity index is 1.42. The first-order valence-corrected chi connectivity index (χ1v) is 13.5. The van der Waals surface area contributed by atoms with Crippen molar-refractivity contribution in [3.63, 3.8) is 0 Å². The molecular weight excluding hydrogens is 612 g/mol. The largest absolute Gasteiger partial charge is 0.479 e. The second-order valence-electron chi connectivity index (χ2n) is 10.7. The summed E-state index contributed by atoms with van der Waals surface area (Å²) in [5.41, 5.74) is 0. The third-order valence-electron chi connectivity index (χ3n) is 7.80. The molecule has 0 spiro atoms. The van der Waals surface area contributed by atoms with Gasteiger partial charge in [0.05, 0.1) is 19.8 Å². The van der Waals surface area contributed by atoms with Crippen LogP contribution < -0.4 is 0 Å². The number of ether oxygens (including phenoxy) is 7. The molecule has 44 heavy (non-hydrogen) atoms. The molecular formula is C23H38O21. The molecule has 0 aromatic heterocycles. The van der Waals surface area contributed by atoms with Gasteiger partial charge in [-0.25, -0.2) is 4.79 Å².